The van der Waals surface area contributed by atoms with Gasteiger partial charge in [0.05, 0.1) is 42.7 Å². The molecule has 3 saturated heterocycles. The molecule has 0 bridgehead atoms. The predicted molar refractivity (Wildman–Crippen MR) is 142 cm³/mol. The lowest BCUT2D eigenvalue weighted by Gasteiger charge is -2.46. The Hall–Kier alpha value is -0.480. The molecule has 236 valence electrons. The third-order valence-electron chi connectivity index (χ3n) is 8.94. The smallest absolute Gasteiger partial charge is 0.221 e. The molecule has 0 amide bonds. The molecule has 0 radical (unpaired) electrons. The van der Waals surface area contributed by atoms with Crippen LogP contribution in [0.25, 0.3) is 0 Å². The summed E-state index contributed by atoms with van der Waals surface area (Å²) in [6.07, 6.45) is -1.88. The molecule has 3 aliphatic rings. The maximum absolute atomic E-state index is 10.9. The molecule has 12 heteroatoms. The van der Waals surface area contributed by atoms with Crippen molar-refractivity contribution in [3.63, 3.8) is 0 Å². The molecule has 0 aromatic carbocycles. The van der Waals surface area contributed by atoms with E-state index in [4.69, 9.17) is 24.1 Å². The second-order valence-electron chi connectivity index (χ2n) is 12.0. The van der Waals surface area contributed by atoms with Crippen molar-refractivity contribution in [2.75, 3.05) is 20.3 Å². The van der Waals surface area contributed by atoms with Crippen LogP contribution >= 0.6 is 0 Å². The fourth-order valence-corrected chi connectivity index (χ4v) is 6.47. The molecule has 3 aliphatic heterocycles. The van der Waals surface area contributed by atoms with E-state index >= 15 is 0 Å². The van der Waals surface area contributed by atoms with Gasteiger partial charge in [0.15, 0.2) is 5.79 Å². The quantitative estimate of drug-likeness (QED) is 0.125. The Morgan fingerprint density at radius 1 is 0.900 bits per heavy atom. The fourth-order valence-electron chi connectivity index (χ4n) is 6.47. The number of rotatable bonds is 14. The third kappa shape index (κ3) is 8.33. The van der Waals surface area contributed by atoms with Crippen molar-refractivity contribution < 1.29 is 59.8 Å². The number of aliphatic hydroxyl groups excluding tert-OH is 8. The van der Waals surface area contributed by atoms with Gasteiger partial charge in [-0.25, -0.2) is 0 Å². The van der Waals surface area contributed by atoms with Gasteiger partial charge in [0, 0.05) is 39.4 Å². The second-order valence-corrected chi connectivity index (χ2v) is 12.0. The largest absolute Gasteiger partial charge is 0.396 e. The highest BCUT2D eigenvalue weighted by molar-refractivity contribution is 4.95. The summed E-state index contributed by atoms with van der Waals surface area (Å²) in [5.74, 6) is -3.22. The zero-order valence-corrected chi connectivity index (χ0v) is 23.9. The first-order chi connectivity index (χ1) is 19.0. The molecule has 8 N–H and O–H groups in total. The Bertz CT molecular complexity index is 734. The lowest BCUT2D eigenvalue weighted by molar-refractivity contribution is -0.354. The zero-order chi connectivity index (χ0) is 29.5. The second kappa shape index (κ2) is 15.3. The van der Waals surface area contributed by atoms with Crippen LogP contribution in [0.5, 0.6) is 0 Å². The van der Waals surface area contributed by atoms with Crippen LogP contribution < -0.4 is 0 Å². The standard InChI is InChI=1S/C28H52O12/c1-17(13-20(31)25(35)23-15-22(33)26(36)28(16-30,37-2)40-23)24(34)21(32)14-19-9-6-11-27(39-19)10-5-8-18(38-27)7-3-4-12-29/h17-26,29-36H,3-16H2,1-2H3/t17-,18+,19-,20-,21+,22-,23-,24-,25-,26-,27-,28-/m1/s1. The van der Waals surface area contributed by atoms with E-state index in [0.29, 0.717) is 0 Å². The van der Waals surface area contributed by atoms with Gasteiger partial charge in [0.25, 0.3) is 0 Å². The summed E-state index contributed by atoms with van der Waals surface area (Å²) >= 11 is 0. The van der Waals surface area contributed by atoms with Crippen molar-refractivity contribution in [1.29, 1.82) is 0 Å². The van der Waals surface area contributed by atoms with E-state index in [1.54, 1.807) is 6.92 Å². The number of aliphatic hydroxyl groups is 8. The zero-order valence-electron chi connectivity index (χ0n) is 23.9. The van der Waals surface area contributed by atoms with Crippen molar-refractivity contribution in [2.24, 2.45) is 5.92 Å². The van der Waals surface area contributed by atoms with Crippen molar-refractivity contribution in [1.82, 2.24) is 0 Å². The van der Waals surface area contributed by atoms with Crippen LogP contribution in [0, 0.1) is 5.92 Å². The molecular formula is C28H52O12. The molecule has 0 aromatic rings. The molecule has 0 aromatic heterocycles. The van der Waals surface area contributed by atoms with Crippen LogP contribution in [-0.4, -0.2) is 128 Å². The highest BCUT2D eigenvalue weighted by Crippen LogP contribution is 2.41. The van der Waals surface area contributed by atoms with E-state index in [1.807, 2.05) is 0 Å². The predicted octanol–water partition coefficient (Wildman–Crippen LogP) is -0.311. The van der Waals surface area contributed by atoms with Gasteiger partial charge in [-0.15, -0.1) is 0 Å². The maximum Gasteiger partial charge on any atom is 0.221 e. The van der Waals surface area contributed by atoms with E-state index in [9.17, 15) is 35.7 Å². The van der Waals surface area contributed by atoms with Crippen molar-refractivity contribution >= 4 is 0 Å². The van der Waals surface area contributed by atoms with Gasteiger partial charge in [-0.05, 0) is 57.3 Å². The number of methoxy groups -OCH3 is 1. The first kappa shape index (κ1) is 34.0. The molecule has 0 saturated carbocycles. The van der Waals surface area contributed by atoms with Gasteiger partial charge in [-0.3, -0.25) is 0 Å². The monoisotopic (exact) mass is 580 g/mol. The van der Waals surface area contributed by atoms with Crippen molar-refractivity contribution in [3.8, 4) is 0 Å². The Labute approximate surface area is 236 Å². The molecule has 12 nitrogen and oxygen atoms in total. The van der Waals surface area contributed by atoms with Crippen LogP contribution in [0.15, 0.2) is 0 Å². The Kier molecular flexibility index (Phi) is 13.0. The Balaban J connectivity index is 1.50. The molecule has 3 heterocycles. The van der Waals surface area contributed by atoms with Crippen LogP contribution in [-0.2, 0) is 18.9 Å². The summed E-state index contributed by atoms with van der Waals surface area (Å²) in [7, 11) is 1.19. The molecule has 0 unspecified atom stereocenters. The summed E-state index contributed by atoms with van der Waals surface area (Å²) in [6, 6.07) is 0. The van der Waals surface area contributed by atoms with Gasteiger partial charge in [0.1, 0.15) is 18.8 Å². The molecule has 40 heavy (non-hydrogen) atoms. The van der Waals surface area contributed by atoms with Gasteiger partial charge in [0.2, 0.25) is 5.79 Å². The molecule has 12 atom stereocenters. The Morgan fingerprint density at radius 3 is 2.17 bits per heavy atom. The van der Waals surface area contributed by atoms with E-state index in [0.717, 1.165) is 57.8 Å². The molecule has 3 fully saturated rings. The lowest BCUT2D eigenvalue weighted by Crippen LogP contribution is -2.63. The average molecular weight is 581 g/mol. The van der Waals surface area contributed by atoms with Crippen molar-refractivity contribution in [2.45, 2.75) is 150 Å². The van der Waals surface area contributed by atoms with Crippen molar-refractivity contribution in [3.05, 3.63) is 0 Å². The highest BCUT2D eigenvalue weighted by atomic mass is 16.7. The number of hydrogen-bond acceptors (Lipinski definition) is 12. The van der Waals surface area contributed by atoms with Crippen LogP contribution in [0.3, 0.4) is 0 Å². The van der Waals surface area contributed by atoms with Gasteiger partial charge < -0.3 is 59.8 Å². The minimum absolute atomic E-state index is 0.0783. The molecular weight excluding hydrogens is 528 g/mol. The van der Waals surface area contributed by atoms with E-state index in [2.05, 4.69) is 0 Å². The van der Waals surface area contributed by atoms with E-state index in [-0.39, 0.29) is 38.1 Å². The maximum atomic E-state index is 10.9. The summed E-state index contributed by atoms with van der Waals surface area (Å²) in [5.41, 5.74) is 0. The SMILES string of the molecule is CO[C@]1(CO)O[C@@H]([C@H](O)[C@H](O)C[C@@H](C)[C@@H](O)[C@@H](O)C[C@H]2CCC[C@@]3(CCC[C@H](CCCCO)O3)O2)C[C@@H](O)[C@H]1O. The third-order valence-corrected chi connectivity index (χ3v) is 8.94. The number of hydrogen-bond donors (Lipinski definition) is 8. The van der Waals surface area contributed by atoms with E-state index < -0.39 is 66.8 Å². The number of ether oxygens (including phenoxy) is 4. The molecule has 1 spiro atoms. The normalized spacial score (nSPS) is 39.0. The topological polar surface area (TPSA) is 199 Å². The summed E-state index contributed by atoms with van der Waals surface area (Å²) in [6.45, 7) is 1.05. The van der Waals surface area contributed by atoms with Gasteiger partial charge in [-0.1, -0.05) is 6.92 Å². The Morgan fingerprint density at radius 2 is 1.55 bits per heavy atom. The van der Waals surface area contributed by atoms with E-state index in [1.165, 1.54) is 7.11 Å². The average Bonchev–Trinajstić information content (AvgIpc) is 2.94. The minimum atomic E-state index is -1.94. The fraction of sp³-hybridized carbons (Fsp3) is 1.00. The van der Waals surface area contributed by atoms with Crippen LogP contribution in [0.1, 0.15) is 84.0 Å². The molecule has 0 aliphatic carbocycles. The minimum Gasteiger partial charge on any atom is -0.396 e. The van der Waals surface area contributed by atoms with Gasteiger partial charge >= 0.3 is 0 Å². The van der Waals surface area contributed by atoms with Crippen LogP contribution in [0.2, 0.25) is 0 Å². The first-order valence-electron chi connectivity index (χ1n) is 14.9. The molecule has 3 rings (SSSR count). The summed E-state index contributed by atoms with van der Waals surface area (Å²) in [4.78, 5) is 0. The first-order valence-corrected chi connectivity index (χ1v) is 14.9. The highest BCUT2D eigenvalue weighted by Gasteiger charge is 2.52. The lowest BCUT2D eigenvalue weighted by atomic mass is 9.85. The summed E-state index contributed by atoms with van der Waals surface area (Å²) in [5, 5.41) is 82.3. The van der Waals surface area contributed by atoms with Crippen LogP contribution in [0.4, 0.5) is 0 Å². The number of unbranched alkanes of at least 4 members (excludes halogenated alkanes) is 1. The van der Waals surface area contributed by atoms with Gasteiger partial charge in [-0.2, -0.15) is 0 Å². The summed E-state index contributed by atoms with van der Waals surface area (Å²) < 4.78 is 23.4.